The van der Waals surface area contributed by atoms with Crippen molar-refractivity contribution in [3.63, 3.8) is 0 Å². The summed E-state index contributed by atoms with van der Waals surface area (Å²) in [5, 5.41) is 8.00. The van der Waals surface area contributed by atoms with Gasteiger partial charge in [-0.25, -0.2) is 14.1 Å². The number of hydrogen-bond donors (Lipinski definition) is 1. The van der Waals surface area contributed by atoms with Crippen molar-refractivity contribution >= 4 is 34.8 Å². The van der Waals surface area contributed by atoms with Crippen LogP contribution in [-0.2, 0) is 15.9 Å². The summed E-state index contributed by atoms with van der Waals surface area (Å²) in [6.45, 7) is 5.97. The molecule has 4 aliphatic heterocycles. The van der Waals surface area contributed by atoms with Crippen LogP contribution in [0.15, 0.2) is 40.0 Å². The van der Waals surface area contributed by atoms with Crippen LogP contribution >= 0.6 is 0 Å². The van der Waals surface area contributed by atoms with Crippen molar-refractivity contribution in [3.05, 3.63) is 47.5 Å². The number of aliphatic imine (C=N–C) groups is 1. The Labute approximate surface area is 212 Å². The number of halogens is 1. The van der Waals surface area contributed by atoms with Gasteiger partial charge in [0.05, 0.1) is 41.7 Å². The first kappa shape index (κ1) is 22.6. The monoisotopic (exact) mass is 506 g/mol. The third-order valence-electron chi connectivity index (χ3n) is 7.95. The maximum absolute atomic E-state index is 16.3. The summed E-state index contributed by atoms with van der Waals surface area (Å²) in [7, 11) is 0. The molecule has 1 spiro atoms. The van der Waals surface area contributed by atoms with Crippen molar-refractivity contribution in [2.75, 3.05) is 36.2 Å². The molecule has 0 aliphatic carbocycles. The average molecular weight is 507 g/mol. The molecule has 1 aromatic carbocycles. The van der Waals surface area contributed by atoms with Gasteiger partial charge in [-0.05, 0) is 44.0 Å². The number of ether oxygens (including phenoxy) is 2. The van der Waals surface area contributed by atoms with Crippen molar-refractivity contribution in [2.45, 2.75) is 44.6 Å². The van der Waals surface area contributed by atoms with Gasteiger partial charge >= 0.3 is 6.09 Å². The predicted molar refractivity (Wildman–Crippen MR) is 133 cm³/mol. The standard InChI is InChI=1S/C26H27FN6O4/c1-14-9-32-21-16(8-26(11-28-13-29-12-26)23(32)15(2)36-14)7-17-22(20(21)27)37-31-24(17)33-19(10-35-25(33)34)18-5-3-4-6-30-18/h3-7,11,14-15,19,23,29H,8-10,12-13H2,1-2H3/t14-,15+,19+,23-,26?/m1/s1. The number of morpholine rings is 1. The summed E-state index contributed by atoms with van der Waals surface area (Å²) < 4.78 is 33.5. The van der Waals surface area contributed by atoms with Crippen LogP contribution in [0.25, 0.3) is 11.0 Å². The molecule has 7 rings (SSSR count). The van der Waals surface area contributed by atoms with E-state index in [-0.39, 0.29) is 41.7 Å². The number of anilines is 2. The van der Waals surface area contributed by atoms with Crippen LogP contribution < -0.4 is 15.1 Å². The summed E-state index contributed by atoms with van der Waals surface area (Å²) in [4.78, 5) is 25.3. The maximum Gasteiger partial charge on any atom is 0.416 e. The minimum Gasteiger partial charge on any atom is -0.446 e. The molecule has 0 saturated carbocycles. The number of carbonyl (C=O) groups excluding carboxylic acids is 1. The second-order valence-electron chi connectivity index (χ2n) is 10.4. The lowest BCUT2D eigenvalue weighted by Crippen LogP contribution is -2.67. The van der Waals surface area contributed by atoms with Crippen LogP contribution in [0.3, 0.4) is 0 Å². The lowest BCUT2D eigenvalue weighted by atomic mass is 9.68. The fourth-order valence-electron chi connectivity index (χ4n) is 6.64. The Bertz CT molecular complexity index is 1410. The van der Waals surface area contributed by atoms with Crippen molar-refractivity contribution in [3.8, 4) is 0 Å². The first-order valence-corrected chi connectivity index (χ1v) is 12.6. The summed E-state index contributed by atoms with van der Waals surface area (Å²) >= 11 is 0. The number of rotatable bonds is 2. The highest BCUT2D eigenvalue weighted by molar-refractivity contribution is 6.01. The minimum absolute atomic E-state index is 0.0187. The molecule has 2 fully saturated rings. The number of cyclic esters (lactones) is 1. The number of carbonyl (C=O) groups is 1. The normalized spacial score (nSPS) is 31.1. The Hall–Kier alpha value is -3.57. The molecule has 1 unspecified atom stereocenters. The molecule has 6 heterocycles. The molecule has 5 atom stereocenters. The van der Waals surface area contributed by atoms with Crippen LogP contribution in [0.1, 0.15) is 31.1 Å². The number of aromatic nitrogens is 2. The highest BCUT2D eigenvalue weighted by atomic mass is 19.1. The van der Waals surface area contributed by atoms with Gasteiger partial charge in [0, 0.05) is 30.9 Å². The van der Waals surface area contributed by atoms with Crippen LogP contribution in [-0.4, -0.2) is 67.1 Å². The van der Waals surface area contributed by atoms with E-state index < -0.39 is 18.0 Å². The lowest BCUT2D eigenvalue weighted by molar-refractivity contribution is -0.0522. The number of pyridine rings is 1. The van der Waals surface area contributed by atoms with Crippen LogP contribution in [0.2, 0.25) is 0 Å². The maximum atomic E-state index is 16.3. The summed E-state index contributed by atoms with van der Waals surface area (Å²) in [6.07, 6.45) is 3.48. The van der Waals surface area contributed by atoms with E-state index in [1.165, 1.54) is 4.90 Å². The topological polar surface area (TPSA) is 105 Å². The highest BCUT2D eigenvalue weighted by Gasteiger charge is 2.53. The molecule has 0 bridgehead atoms. The number of hydrogen-bond acceptors (Lipinski definition) is 9. The molecule has 37 heavy (non-hydrogen) atoms. The van der Waals surface area contributed by atoms with Crippen LogP contribution in [0.4, 0.5) is 20.7 Å². The molecule has 4 aliphatic rings. The molecule has 2 saturated heterocycles. The van der Waals surface area contributed by atoms with Gasteiger partial charge in [-0.2, -0.15) is 0 Å². The quantitative estimate of drug-likeness (QED) is 0.565. The van der Waals surface area contributed by atoms with Gasteiger partial charge in [0.25, 0.3) is 0 Å². The van der Waals surface area contributed by atoms with E-state index in [4.69, 9.17) is 14.0 Å². The molecule has 3 aromatic rings. The summed E-state index contributed by atoms with van der Waals surface area (Å²) in [6, 6.07) is 6.80. The average Bonchev–Trinajstić information content (AvgIpc) is 3.47. The molecule has 192 valence electrons. The van der Waals surface area contributed by atoms with Crippen molar-refractivity contribution in [1.29, 1.82) is 0 Å². The molecular weight excluding hydrogens is 479 g/mol. The van der Waals surface area contributed by atoms with Gasteiger partial charge in [0.1, 0.15) is 12.6 Å². The van der Waals surface area contributed by atoms with Gasteiger partial charge in [0.15, 0.2) is 11.6 Å². The molecule has 10 nitrogen and oxygen atoms in total. The zero-order valence-electron chi connectivity index (χ0n) is 20.6. The van der Waals surface area contributed by atoms with Crippen LogP contribution in [0.5, 0.6) is 0 Å². The number of amides is 1. The Morgan fingerprint density at radius 1 is 1.27 bits per heavy atom. The van der Waals surface area contributed by atoms with E-state index in [9.17, 15) is 4.79 Å². The smallest absolute Gasteiger partial charge is 0.416 e. The van der Waals surface area contributed by atoms with E-state index in [1.54, 1.807) is 12.3 Å². The Kier molecular flexibility index (Phi) is 5.02. The Morgan fingerprint density at radius 3 is 2.95 bits per heavy atom. The molecule has 0 radical (unpaired) electrons. The molecular formula is C26H27FN6O4. The molecule has 11 heteroatoms. The summed E-state index contributed by atoms with van der Waals surface area (Å²) in [5.41, 5.74) is 1.64. The second kappa shape index (κ2) is 8.22. The second-order valence-corrected chi connectivity index (χ2v) is 10.4. The van der Waals surface area contributed by atoms with E-state index in [0.717, 1.165) is 5.56 Å². The minimum atomic E-state index is -0.569. The molecule has 1 N–H and O–H groups in total. The van der Waals surface area contributed by atoms with Crippen molar-refractivity contribution in [2.24, 2.45) is 10.4 Å². The van der Waals surface area contributed by atoms with E-state index in [1.807, 2.05) is 38.3 Å². The molecule has 2 aromatic heterocycles. The zero-order valence-corrected chi connectivity index (χ0v) is 20.6. The van der Waals surface area contributed by atoms with Gasteiger partial charge in [-0.3, -0.25) is 15.3 Å². The van der Waals surface area contributed by atoms with Gasteiger partial charge in [0.2, 0.25) is 5.58 Å². The fourth-order valence-corrected chi connectivity index (χ4v) is 6.64. The predicted octanol–water partition coefficient (Wildman–Crippen LogP) is 3.22. The number of nitrogens with zero attached hydrogens (tertiary/aromatic N) is 5. The van der Waals surface area contributed by atoms with Crippen LogP contribution in [0, 0.1) is 11.2 Å². The lowest BCUT2D eigenvalue weighted by Gasteiger charge is -2.56. The Balaban J connectivity index is 1.39. The van der Waals surface area contributed by atoms with Gasteiger partial charge < -0.3 is 18.9 Å². The Morgan fingerprint density at radius 2 is 2.16 bits per heavy atom. The fraction of sp³-hybridized carbons (Fsp3) is 0.462. The van der Waals surface area contributed by atoms with E-state index in [2.05, 4.69) is 25.3 Å². The molecule has 1 amide bonds. The number of fused-ring (bicyclic) bond motifs is 5. The number of benzene rings is 1. The highest BCUT2D eigenvalue weighted by Crippen LogP contribution is 2.49. The largest absolute Gasteiger partial charge is 0.446 e. The first-order valence-electron chi connectivity index (χ1n) is 12.6. The van der Waals surface area contributed by atoms with Crippen molar-refractivity contribution < 1.29 is 23.2 Å². The number of nitrogens with one attached hydrogen (secondary N) is 1. The third kappa shape index (κ3) is 3.30. The van der Waals surface area contributed by atoms with Gasteiger partial charge in [-0.1, -0.05) is 11.2 Å². The first-order chi connectivity index (χ1) is 18.0. The van der Waals surface area contributed by atoms with Crippen molar-refractivity contribution in [1.82, 2.24) is 15.5 Å². The van der Waals surface area contributed by atoms with Gasteiger partial charge in [-0.15, -0.1) is 0 Å². The SMILES string of the molecule is C[C@@H]1CN2c3c(cc4c(N5C(=O)OC[C@H]5c5ccccn5)noc4c3F)CC3(C=NCNC3)[C@H]2[C@H](C)O1. The van der Waals surface area contributed by atoms with E-state index >= 15 is 4.39 Å². The zero-order chi connectivity index (χ0) is 25.3. The van der Waals surface area contributed by atoms with E-state index in [0.29, 0.717) is 42.9 Å². The summed E-state index contributed by atoms with van der Waals surface area (Å²) in [5.74, 6) is -0.250. The third-order valence-corrected chi connectivity index (χ3v) is 7.95.